The number of hydrogen-bond acceptors (Lipinski definition) is 2. The molecule has 1 aliphatic carbocycles. The molecule has 0 spiro atoms. The van der Waals surface area contributed by atoms with Crippen molar-refractivity contribution in [2.45, 2.75) is 12.8 Å². The quantitative estimate of drug-likeness (QED) is 0.153. The van der Waals surface area contributed by atoms with Crippen LogP contribution in [0.1, 0.15) is 17.7 Å². The molecule has 0 unspecified atom stereocenters. The second kappa shape index (κ2) is 16.5. The van der Waals surface area contributed by atoms with E-state index in [1.165, 1.54) is 44.0 Å². The van der Waals surface area contributed by atoms with Gasteiger partial charge in [0.15, 0.2) is 0 Å². The molecule has 0 amide bonds. The van der Waals surface area contributed by atoms with Gasteiger partial charge in [0.25, 0.3) is 0 Å². The third-order valence-electron chi connectivity index (χ3n) is 13.5. The Morgan fingerprint density at radius 3 is 1.31 bits per heavy atom. The number of fused-ring (bicyclic) bond motifs is 7. The Kier molecular flexibility index (Phi) is 9.61. The molecule has 1 aliphatic rings. The van der Waals surface area contributed by atoms with Crippen molar-refractivity contribution >= 4 is 38.8 Å². The molecule has 4 heterocycles. The largest absolute Gasteiger partial charge is 0.309 e. The average Bonchev–Trinajstić information content (AvgIpc) is 3.95. The third kappa shape index (κ3) is 6.85. The summed E-state index contributed by atoms with van der Waals surface area (Å²) in [5, 5.41) is 3.80. The van der Waals surface area contributed by atoms with Crippen LogP contribution in [0.5, 0.6) is 0 Å². The summed E-state index contributed by atoms with van der Waals surface area (Å²) in [5.41, 5.74) is 21.2. The Balaban J connectivity index is 1.00. The first-order valence-electron chi connectivity index (χ1n) is 23.5. The van der Waals surface area contributed by atoms with Crippen LogP contribution in [-0.2, 0) is 6.42 Å². The standard InChI is InChI=1S/C64H44N4/c1-5-19-43(20-6-1)56-39-49(40-57(65-56)44-21-7-2-8-22-44)47-27-17-29-51(37-47)67-61-34-16-14-32-55(61)63-62(67)36-35-54-53-31-13-15-33-60(53)68(64(54)63)52-30-18-28-48(38-52)50-41-58(45-23-9-3-10-24-45)66-59(42-50)46-25-11-4-12-26-46/h1-13,15-31,33-42H,14,32H2. The zero-order chi connectivity index (χ0) is 45.0. The highest BCUT2D eigenvalue weighted by molar-refractivity contribution is 6.20. The van der Waals surface area contributed by atoms with Gasteiger partial charge < -0.3 is 9.13 Å². The van der Waals surface area contributed by atoms with E-state index in [1.54, 1.807) is 0 Å². The minimum Gasteiger partial charge on any atom is -0.309 e. The molecule has 0 aliphatic heterocycles. The molecular formula is C64H44N4. The Labute approximate surface area is 395 Å². The number of para-hydroxylation sites is 1. The van der Waals surface area contributed by atoms with Gasteiger partial charge in [0, 0.05) is 55.5 Å². The molecule has 0 atom stereocenters. The maximum Gasteiger partial charge on any atom is 0.0715 e. The molecule has 0 fully saturated rings. The summed E-state index contributed by atoms with van der Waals surface area (Å²) in [4.78, 5) is 10.4. The third-order valence-corrected chi connectivity index (χ3v) is 13.5. The fourth-order valence-corrected chi connectivity index (χ4v) is 10.4. The van der Waals surface area contributed by atoms with Crippen LogP contribution in [0, 0.1) is 0 Å². The molecule has 4 nitrogen and oxygen atoms in total. The van der Waals surface area contributed by atoms with Gasteiger partial charge in [-0.25, -0.2) is 9.97 Å². The summed E-state index contributed by atoms with van der Waals surface area (Å²) < 4.78 is 5.01. The van der Waals surface area contributed by atoms with Crippen LogP contribution in [0.3, 0.4) is 0 Å². The molecule has 68 heavy (non-hydrogen) atoms. The normalized spacial score (nSPS) is 12.2. The van der Waals surface area contributed by atoms with Gasteiger partial charge in [-0.2, -0.15) is 0 Å². The van der Waals surface area contributed by atoms with Gasteiger partial charge in [-0.05, 0) is 107 Å². The van der Waals surface area contributed by atoms with Crippen LogP contribution in [-0.4, -0.2) is 19.1 Å². The van der Waals surface area contributed by atoms with Crippen LogP contribution in [0.4, 0.5) is 0 Å². The predicted octanol–water partition coefficient (Wildman–Crippen LogP) is 16.5. The molecule has 8 aromatic carbocycles. The van der Waals surface area contributed by atoms with Crippen molar-refractivity contribution < 1.29 is 0 Å². The second-order valence-corrected chi connectivity index (χ2v) is 17.7. The van der Waals surface area contributed by atoms with Crippen molar-refractivity contribution in [1.82, 2.24) is 19.1 Å². The molecule has 12 aromatic rings. The lowest BCUT2D eigenvalue weighted by Crippen LogP contribution is -2.00. The summed E-state index contributed by atoms with van der Waals surface area (Å²) >= 11 is 0. The first kappa shape index (κ1) is 39.5. The molecule has 0 bridgehead atoms. The zero-order valence-corrected chi connectivity index (χ0v) is 37.3. The van der Waals surface area contributed by atoms with Gasteiger partial charge in [0.1, 0.15) is 0 Å². The molecule has 0 saturated heterocycles. The maximum atomic E-state index is 5.20. The van der Waals surface area contributed by atoms with Crippen LogP contribution in [0.25, 0.3) is 117 Å². The van der Waals surface area contributed by atoms with Crippen LogP contribution < -0.4 is 0 Å². The molecule has 0 N–H and O–H groups in total. The molecule has 4 heteroatoms. The summed E-state index contributed by atoms with van der Waals surface area (Å²) in [6.45, 7) is 0. The van der Waals surface area contributed by atoms with Crippen molar-refractivity contribution in [2.75, 3.05) is 0 Å². The Morgan fingerprint density at radius 1 is 0.338 bits per heavy atom. The van der Waals surface area contributed by atoms with E-state index in [9.17, 15) is 0 Å². The smallest absolute Gasteiger partial charge is 0.0715 e. The highest BCUT2D eigenvalue weighted by atomic mass is 15.0. The van der Waals surface area contributed by atoms with Gasteiger partial charge in [0.2, 0.25) is 0 Å². The number of pyridine rings is 2. The van der Waals surface area contributed by atoms with Crippen molar-refractivity contribution in [3.8, 4) is 78.7 Å². The van der Waals surface area contributed by atoms with Gasteiger partial charge in [-0.15, -0.1) is 0 Å². The highest BCUT2D eigenvalue weighted by Gasteiger charge is 2.25. The Morgan fingerprint density at radius 2 is 0.794 bits per heavy atom. The number of aromatic nitrogens is 4. The van der Waals surface area contributed by atoms with Crippen molar-refractivity contribution in [1.29, 1.82) is 0 Å². The van der Waals surface area contributed by atoms with E-state index in [2.05, 4.69) is 252 Å². The van der Waals surface area contributed by atoms with E-state index in [-0.39, 0.29) is 0 Å². The first-order chi connectivity index (χ1) is 33.7. The van der Waals surface area contributed by atoms with Gasteiger partial charge in [0.05, 0.1) is 39.3 Å². The number of hydrogen-bond donors (Lipinski definition) is 0. The van der Waals surface area contributed by atoms with Gasteiger partial charge >= 0.3 is 0 Å². The minimum absolute atomic E-state index is 0.952. The lowest BCUT2D eigenvalue weighted by Gasteiger charge is -2.14. The van der Waals surface area contributed by atoms with Crippen LogP contribution >= 0.6 is 0 Å². The second-order valence-electron chi connectivity index (χ2n) is 17.7. The van der Waals surface area contributed by atoms with E-state index in [4.69, 9.17) is 9.97 Å². The summed E-state index contributed by atoms with van der Waals surface area (Å²) in [5.74, 6) is 0. The van der Waals surface area contributed by atoms with E-state index < -0.39 is 0 Å². The highest BCUT2D eigenvalue weighted by Crippen LogP contribution is 2.44. The summed E-state index contributed by atoms with van der Waals surface area (Å²) in [7, 11) is 0. The van der Waals surface area contributed by atoms with E-state index >= 15 is 0 Å². The fraction of sp³-hybridized carbons (Fsp3) is 0.0312. The zero-order valence-electron chi connectivity index (χ0n) is 37.3. The fourth-order valence-electron chi connectivity index (χ4n) is 10.4. The van der Waals surface area contributed by atoms with Crippen LogP contribution in [0.15, 0.2) is 237 Å². The number of allylic oxidation sites excluding steroid dienone is 1. The number of rotatable bonds is 8. The minimum atomic E-state index is 0.952. The monoisotopic (exact) mass is 868 g/mol. The first-order valence-corrected chi connectivity index (χ1v) is 23.5. The topological polar surface area (TPSA) is 35.6 Å². The predicted molar refractivity (Wildman–Crippen MR) is 283 cm³/mol. The van der Waals surface area contributed by atoms with E-state index in [0.29, 0.717) is 0 Å². The van der Waals surface area contributed by atoms with Gasteiger partial charge in [-0.1, -0.05) is 176 Å². The number of aryl methyl sites for hydroxylation is 1. The average molecular weight is 869 g/mol. The molecule has 4 aromatic heterocycles. The summed E-state index contributed by atoms with van der Waals surface area (Å²) in [6.07, 6.45) is 6.63. The van der Waals surface area contributed by atoms with Crippen molar-refractivity contribution in [3.05, 3.63) is 248 Å². The number of nitrogens with zero attached hydrogens (tertiary/aromatic N) is 4. The van der Waals surface area contributed by atoms with Crippen LogP contribution in [0.2, 0.25) is 0 Å². The summed E-state index contributed by atoms with van der Waals surface area (Å²) in [6, 6.07) is 82.6. The Bertz CT molecular complexity index is 3770. The molecule has 0 radical (unpaired) electrons. The maximum absolute atomic E-state index is 5.20. The Hall–Kier alpha value is -8.86. The molecule has 320 valence electrons. The molecule has 0 saturated carbocycles. The lowest BCUT2D eigenvalue weighted by molar-refractivity contribution is 0.967. The SMILES string of the molecule is C1=Cc2c(c3c(ccc4c5ccccc5n(-c5cccc(-c6cc(-c7ccccc7)nc(-c7ccccc7)c6)c5)c43)n2-c2cccc(-c3cc(-c4ccccc4)nc(-c4ccccc4)c3)c2)CC1. The molecular weight excluding hydrogens is 825 g/mol. The van der Waals surface area contributed by atoms with Gasteiger partial charge in [-0.3, -0.25) is 0 Å². The van der Waals surface area contributed by atoms with E-state index in [1.807, 2.05) is 0 Å². The van der Waals surface area contributed by atoms with Crippen molar-refractivity contribution in [2.24, 2.45) is 0 Å². The number of benzene rings is 8. The lowest BCUT2D eigenvalue weighted by atomic mass is 9.98. The van der Waals surface area contributed by atoms with Crippen molar-refractivity contribution in [3.63, 3.8) is 0 Å². The van der Waals surface area contributed by atoms with E-state index in [0.717, 1.165) is 91.5 Å². The molecule has 13 rings (SSSR count).